The molecule has 0 aliphatic heterocycles. The zero-order valence-electron chi connectivity index (χ0n) is 20.4. The molecule has 1 N–H and O–H groups in total. The first-order valence-corrected chi connectivity index (χ1v) is 12.4. The summed E-state index contributed by atoms with van der Waals surface area (Å²) in [6, 6.07) is 0. The lowest BCUT2D eigenvalue weighted by Crippen LogP contribution is -2.26. The van der Waals surface area contributed by atoms with Crippen molar-refractivity contribution in [2.24, 2.45) is 5.41 Å². The maximum atomic E-state index is 12.0. The number of aliphatic hydroxyl groups excluding tert-OH is 1. The van der Waals surface area contributed by atoms with E-state index in [2.05, 4.69) is 13.8 Å². The molecule has 0 bridgehead atoms. The molecule has 0 amide bonds. The molecule has 0 radical (unpaired) electrons. The Balaban J connectivity index is 4.13. The number of carbonyl (C=O) groups is 1. The largest absolute Gasteiger partial charge is 0.465 e. The third-order valence-corrected chi connectivity index (χ3v) is 5.24. The highest BCUT2D eigenvalue weighted by Gasteiger charge is 2.20. The van der Waals surface area contributed by atoms with Crippen molar-refractivity contribution in [2.75, 3.05) is 26.4 Å². The lowest BCUT2D eigenvalue weighted by atomic mass is 9.97. The van der Waals surface area contributed by atoms with E-state index in [9.17, 15) is 9.90 Å². The van der Waals surface area contributed by atoms with Gasteiger partial charge in [-0.3, -0.25) is 4.79 Å². The van der Waals surface area contributed by atoms with Crippen LogP contribution >= 0.6 is 0 Å². The molecule has 5 heteroatoms. The van der Waals surface area contributed by atoms with Crippen LogP contribution in [0.1, 0.15) is 118 Å². The molecule has 30 heavy (non-hydrogen) atoms. The quantitative estimate of drug-likeness (QED) is 0.122. The minimum absolute atomic E-state index is 0.00829. The van der Waals surface area contributed by atoms with Gasteiger partial charge in [-0.1, -0.05) is 91.9 Å². The summed E-state index contributed by atoms with van der Waals surface area (Å²) in [5.74, 6) is -0.257. The van der Waals surface area contributed by atoms with E-state index in [4.69, 9.17) is 14.2 Å². The van der Waals surface area contributed by atoms with Crippen LogP contribution in [0.3, 0.4) is 0 Å². The highest BCUT2D eigenvalue weighted by Crippen LogP contribution is 2.15. The van der Waals surface area contributed by atoms with Gasteiger partial charge in [0, 0.05) is 25.0 Å². The minimum atomic E-state index is -0.405. The van der Waals surface area contributed by atoms with Gasteiger partial charge in [-0.2, -0.15) is 0 Å². The molecule has 0 rings (SSSR count). The Bertz CT molecular complexity index is 366. The number of unbranched alkanes of at least 4 members (excludes halogenated alkanes) is 10. The van der Waals surface area contributed by atoms with Gasteiger partial charge in [0.2, 0.25) is 0 Å². The molecule has 0 atom stereocenters. The first-order chi connectivity index (χ1) is 14.4. The average Bonchev–Trinajstić information content (AvgIpc) is 2.74. The van der Waals surface area contributed by atoms with E-state index in [1.54, 1.807) is 0 Å². The predicted molar refractivity (Wildman–Crippen MR) is 124 cm³/mol. The molecule has 0 saturated heterocycles. The van der Waals surface area contributed by atoms with Gasteiger partial charge in [0.05, 0.1) is 19.6 Å². The first kappa shape index (κ1) is 29.4. The molecule has 0 saturated carbocycles. The molecule has 0 aliphatic carbocycles. The van der Waals surface area contributed by atoms with Crippen LogP contribution in [0.5, 0.6) is 0 Å². The van der Waals surface area contributed by atoms with E-state index in [1.807, 2.05) is 13.8 Å². The summed E-state index contributed by atoms with van der Waals surface area (Å²) >= 11 is 0. The Kier molecular flexibility index (Phi) is 19.8. The Morgan fingerprint density at radius 3 is 1.73 bits per heavy atom. The van der Waals surface area contributed by atoms with Crippen molar-refractivity contribution >= 4 is 5.97 Å². The summed E-state index contributed by atoms with van der Waals surface area (Å²) in [6.45, 7) is 9.78. The van der Waals surface area contributed by atoms with Crippen LogP contribution in [-0.2, 0) is 19.0 Å². The second kappa shape index (κ2) is 20.3. The minimum Gasteiger partial charge on any atom is -0.465 e. The van der Waals surface area contributed by atoms with E-state index >= 15 is 0 Å². The molecule has 0 aromatic carbocycles. The Hall–Kier alpha value is -0.650. The van der Waals surface area contributed by atoms with Gasteiger partial charge in [0.1, 0.15) is 0 Å². The summed E-state index contributed by atoms with van der Waals surface area (Å²) in [5, 5.41) is 9.27. The number of ether oxygens (including phenoxy) is 3. The van der Waals surface area contributed by atoms with E-state index < -0.39 is 5.41 Å². The third-order valence-electron chi connectivity index (χ3n) is 5.24. The monoisotopic (exact) mass is 430 g/mol. The Labute approximate surface area is 186 Å². The first-order valence-electron chi connectivity index (χ1n) is 12.4. The summed E-state index contributed by atoms with van der Waals surface area (Å²) < 4.78 is 17.2. The zero-order chi connectivity index (χ0) is 22.5. The topological polar surface area (TPSA) is 65.0 Å². The zero-order valence-corrected chi connectivity index (χ0v) is 20.4. The van der Waals surface area contributed by atoms with E-state index in [0.717, 1.165) is 12.8 Å². The maximum absolute atomic E-state index is 12.0. The molecule has 0 aromatic heterocycles. The fourth-order valence-electron chi connectivity index (χ4n) is 3.04. The molecule has 0 aromatic rings. The van der Waals surface area contributed by atoms with Crippen molar-refractivity contribution in [3.63, 3.8) is 0 Å². The molecular weight excluding hydrogens is 380 g/mol. The molecule has 0 aliphatic rings. The number of rotatable bonds is 22. The van der Waals surface area contributed by atoms with E-state index in [-0.39, 0.29) is 31.9 Å². The van der Waals surface area contributed by atoms with Crippen LogP contribution < -0.4 is 0 Å². The number of esters is 1. The highest BCUT2D eigenvalue weighted by molar-refractivity contribution is 5.69. The average molecular weight is 431 g/mol. The van der Waals surface area contributed by atoms with Crippen LogP contribution in [-0.4, -0.2) is 43.8 Å². The highest BCUT2D eigenvalue weighted by atomic mass is 16.7. The van der Waals surface area contributed by atoms with Gasteiger partial charge in [-0.25, -0.2) is 0 Å². The van der Waals surface area contributed by atoms with E-state index in [0.29, 0.717) is 19.6 Å². The summed E-state index contributed by atoms with van der Waals surface area (Å²) in [6.07, 6.45) is 15.1. The van der Waals surface area contributed by atoms with Crippen LogP contribution in [0.25, 0.3) is 0 Å². The maximum Gasteiger partial charge on any atom is 0.305 e. The van der Waals surface area contributed by atoms with Crippen molar-refractivity contribution in [3.8, 4) is 0 Å². The van der Waals surface area contributed by atoms with E-state index in [1.165, 1.54) is 64.2 Å². The Morgan fingerprint density at radius 1 is 0.800 bits per heavy atom. The predicted octanol–water partition coefficient (Wildman–Crippen LogP) is 6.41. The van der Waals surface area contributed by atoms with Crippen LogP contribution in [0.2, 0.25) is 0 Å². The van der Waals surface area contributed by atoms with Gasteiger partial charge >= 0.3 is 5.97 Å². The molecule has 0 unspecified atom stereocenters. The van der Waals surface area contributed by atoms with Crippen molar-refractivity contribution in [3.05, 3.63) is 0 Å². The number of aliphatic hydroxyl groups is 1. The van der Waals surface area contributed by atoms with Gasteiger partial charge in [-0.15, -0.1) is 0 Å². The molecular formula is C25H50O5. The van der Waals surface area contributed by atoms with Gasteiger partial charge in [-0.05, 0) is 12.8 Å². The smallest absolute Gasteiger partial charge is 0.305 e. The molecule has 0 heterocycles. The van der Waals surface area contributed by atoms with Crippen molar-refractivity contribution in [2.45, 2.75) is 124 Å². The normalized spacial score (nSPS) is 11.9. The number of hydrogen-bond donors (Lipinski definition) is 1. The fraction of sp³-hybridized carbons (Fsp3) is 0.960. The van der Waals surface area contributed by atoms with Crippen molar-refractivity contribution in [1.29, 1.82) is 0 Å². The molecule has 180 valence electrons. The van der Waals surface area contributed by atoms with Crippen LogP contribution in [0.4, 0.5) is 0 Å². The molecule has 0 fully saturated rings. The second-order valence-electron chi connectivity index (χ2n) is 9.23. The number of carbonyl (C=O) groups excluding carboxylic acids is 1. The van der Waals surface area contributed by atoms with Crippen molar-refractivity contribution in [1.82, 2.24) is 0 Å². The molecule has 0 spiro atoms. The van der Waals surface area contributed by atoms with Crippen LogP contribution in [0, 0.1) is 5.41 Å². The van der Waals surface area contributed by atoms with Crippen LogP contribution in [0.15, 0.2) is 0 Å². The lowest BCUT2D eigenvalue weighted by Gasteiger charge is -2.22. The standard InChI is InChI=1S/C25H50O5/c1-5-7-9-11-13-15-19-28-24(29-20-16-14-12-10-8-6-2)18-17-23(27)30-22-25(3,4)21-26/h24,26H,5-22H2,1-4H3. The summed E-state index contributed by atoms with van der Waals surface area (Å²) in [5.41, 5.74) is -0.405. The van der Waals surface area contributed by atoms with Gasteiger partial charge in [0.25, 0.3) is 0 Å². The summed E-state index contributed by atoms with van der Waals surface area (Å²) in [7, 11) is 0. The van der Waals surface area contributed by atoms with Gasteiger partial charge in [0.15, 0.2) is 6.29 Å². The lowest BCUT2D eigenvalue weighted by molar-refractivity contribution is -0.161. The van der Waals surface area contributed by atoms with Crippen molar-refractivity contribution < 1.29 is 24.1 Å². The number of hydrogen-bond acceptors (Lipinski definition) is 5. The third kappa shape index (κ3) is 19.3. The summed E-state index contributed by atoms with van der Waals surface area (Å²) in [4.78, 5) is 12.0. The Morgan fingerprint density at radius 2 is 1.27 bits per heavy atom. The second-order valence-corrected chi connectivity index (χ2v) is 9.23. The SMILES string of the molecule is CCCCCCCCOC(CCC(=O)OCC(C)(C)CO)OCCCCCCCC. The van der Waals surface area contributed by atoms with Gasteiger partial charge < -0.3 is 19.3 Å². The fourth-order valence-corrected chi connectivity index (χ4v) is 3.04. The molecule has 5 nitrogen and oxygen atoms in total.